The van der Waals surface area contributed by atoms with Crippen LogP contribution in [0.5, 0.6) is 0 Å². The lowest BCUT2D eigenvalue weighted by Crippen LogP contribution is -1.98. The number of rotatable bonds is 5. The van der Waals surface area contributed by atoms with Gasteiger partial charge in [-0.2, -0.15) is 0 Å². The summed E-state index contributed by atoms with van der Waals surface area (Å²) in [6, 6.07) is 10.5. The van der Waals surface area contributed by atoms with Gasteiger partial charge in [0, 0.05) is 12.8 Å². The number of hydrogen-bond acceptors (Lipinski definition) is 1. The van der Waals surface area contributed by atoms with Crippen molar-refractivity contribution in [1.82, 2.24) is 0 Å². The maximum atomic E-state index is 4.33. The molecule has 0 aromatic heterocycles. The SMILES string of the molecule is C\C=C/C(C)=C\C(CCc1ccccc1)=N\C. The second-order valence-electron chi connectivity index (χ2n) is 4.09. The molecule has 0 aliphatic heterocycles. The van der Waals surface area contributed by atoms with Crippen molar-refractivity contribution in [3.63, 3.8) is 0 Å². The lowest BCUT2D eigenvalue weighted by Gasteiger charge is -2.02. The van der Waals surface area contributed by atoms with Crippen LogP contribution in [-0.4, -0.2) is 12.8 Å². The monoisotopic (exact) mass is 227 g/mol. The van der Waals surface area contributed by atoms with Crippen LogP contribution in [0.1, 0.15) is 25.8 Å². The average Bonchev–Trinajstić information content (AvgIpc) is 2.36. The summed E-state index contributed by atoms with van der Waals surface area (Å²) in [6.07, 6.45) is 8.36. The zero-order valence-electron chi connectivity index (χ0n) is 11.0. The van der Waals surface area contributed by atoms with Crippen LogP contribution in [0.4, 0.5) is 0 Å². The van der Waals surface area contributed by atoms with E-state index in [1.54, 1.807) is 0 Å². The van der Waals surface area contributed by atoms with Gasteiger partial charge >= 0.3 is 0 Å². The summed E-state index contributed by atoms with van der Waals surface area (Å²) in [7, 11) is 1.86. The van der Waals surface area contributed by atoms with Crippen molar-refractivity contribution >= 4 is 5.71 Å². The van der Waals surface area contributed by atoms with E-state index in [2.05, 4.69) is 60.5 Å². The highest BCUT2D eigenvalue weighted by atomic mass is 14.7. The highest BCUT2D eigenvalue weighted by Crippen LogP contribution is 2.06. The standard InChI is InChI=1S/C16H21N/c1-4-8-14(2)13-16(17-3)12-11-15-9-6-5-7-10-15/h4-10,13H,11-12H2,1-3H3/b8-4-,14-13-,17-16+. The Labute approximate surface area is 105 Å². The van der Waals surface area contributed by atoms with Gasteiger partial charge in [0.05, 0.1) is 0 Å². The van der Waals surface area contributed by atoms with Crippen LogP contribution in [0.3, 0.4) is 0 Å². The summed E-state index contributed by atoms with van der Waals surface area (Å²) in [5.41, 5.74) is 3.77. The molecule has 1 aromatic carbocycles. The fourth-order valence-corrected chi connectivity index (χ4v) is 1.74. The number of allylic oxidation sites excluding steroid dienone is 4. The van der Waals surface area contributed by atoms with Crippen molar-refractivity contribution in [1.29, 1.82) is 0 Å². The predicted octanol–water partition coefficient (Wildman–Crippen LogP) is 4.21. The van der Waals surface area contributed by atoms with Crippen molar-refractivity contribution in [2.24, 2.45) is 4.99 Å². The fourth-order valence-electron chi connectivity index (χ4n) is 1.74. The second-order valence-corrected chi connectivity index (χ2v) is 4.09. The Morgan fingerprint density at radius 2 is 1.94 bits per heavy atom. The van der Waals surface area contributed by atoms with Gasteiger partial charge in [0.1, 0.15) is 0 Å². The number of aliphatic imine (C=N–C) groups is 1. The molecule has 0 amide bonds. The van der Waals surface area contributed by atoms with Crippen LogP contribution in [0.25, 0.3) is 0 Å². The Hall–Kier alpha value is -1.63. The number of benzene rings is 1. The minimum absolute atomic E-state index is 0.995. The van der Waals surface area contributed by atoms with Gasteiger partial charge in [-0.25, -0.2) is 0 Å². The summed E-state index contributed by atoms with van der Waals surface area (Å²) >= 11 is 0. The van der Waals surface area contributed by atoms with E-state index in [0.717, 1.165) is 18.6 Å². The zero-order valence-corrected chi connectivity index (χ0v) is 11.0. The Kier molecular flexibility index (Phi) is 6.02. The highest BCUT2D eigenvalue weighted by Gasteiger charge is 1.97. The van der Waals surface area contributed by atoms with E-state index in [0.29, 0.717) is 0 Å². The van der Waals surface area contributed by atoms with Crippen molar-refractivity contribution in [3.05, 3.63) is 59.7 Å². The van der Waals surface area contributed by atoms with E-state index >= 15 is 0 Å². The Balaban J connectivity index is 2.58. The summed E-state index contributed by atoms with van der Waals surface area (Å²) in [6.45, 7) is 4.14. The molecular formula is C16H21N. The molecule has 0 heterocycles. The van der Waals surface area contributed by atoms with Gasteiger partial charge in [-0.3, -0.25) is 4.99 Å². The molecule has 90 valence electrons. The van der Waals surface area contributed by atoms with Crippen molar-refractivity contribution < 1.29 is 0 Å². The molecule has 0 fully saturated rings. The predicted molar refractivity (Wildman–Crippen MR) is 76.7 cm³/mol. The van der Waals surface area contributed by atoms with Gasteiger partial charge in [0.2, 0.25) is 0 Å². The Bertz CT molecular complexity index is 410. The Morgan fingerprint density at radius 1 is 1.24 bits per heavy atom. The van der Waals surface area contributed by atoms with Crippen LogP contribution < -0.4 is 0 Å². The van der Waals surface area contributed by atoms with Crippen molar-refractivity contribution in [3.8, 4) is 0 Å². The van der Waals surface area contributed by atoms with Crippen LogP contribution >= 0.6 is 0 Å². The molecule has 0 bridgehead atoms. The molecule has 0 aliphatic carbocycles. The summed E-state index contributed by atoms with van der Waals surface area (Å²) in [5, 5.41) is 0. The van der Waals surface area contributed by atoms with E-state index in [1.165, 1.54) is 11.1 Å². The topological polar surface area (TPSA) is 12.4 Å². The number of aryl methyl sites for hydroxylation is 1. The summed E-state index contributed by atoms with van der Waals surface area (Å²) in [5.74, 6) is 0. The molecule has 0 atom stereocenters. The minimum atomic E-state index is 0.995. The summed E-state index contributed by atoms with van der Waals surface area (Å²) in [4.78, 5) is 4.33. The fraction of sp³-hybridized carbons (Fsp3) is 0.312. The van der Waals surface area contributed by atoms with E-state index < -0.39 is 0 Å². The minimum Gasteiger partial charge on any atom is -0.293 e. The third-order valence-corrected chi connectivity index (χ3v) is 2.62. The molecule has 1 heteroatoms. The molecule has 17 heavy (non-hydrogen) atoms. The van der Waals surface area contributed by atoms with Crippen molar-refractivity contribution in [2.45, 2.75) is 26.7 Å². The number of hydrogen-bond donors (Lipinski definition) is 0. The molecule has 0 radical (unpaired) electrons. The summed E-state index contributed by atoms with van der Waals surface area (Å²) < 4.78 is 0. The smallest absolute Gasteiger partial charge is 0.0350 e. The van der Waals surface area contributed by atoms with E-state index in [4.69, 9.17) is 0 Å². The maximum Gasteiger partial charge on any atom is 0.0350 e. The maximum absolute atomic E-state index is 4.33. The first kappa shape index (κ1) is 13.4. The van der Waals surface area contributed by atoms with Crippen molar-refractivity contribution in [2.75, 3.05) is 7.05 Å². The largest absolute Gasteiger partial charge is 0.293 e. The second kappa shape index (κ2) is 7.61. The normalized spacial score (nSPS) is 13.4. The third kappa shape index (κ3) is 5.30. The molecule has 0 saturated carbocycles. The molecule has 0 saturated heterocycles. The van der Waals surface area contributed by atoms with E-state index in [9.17, 15) is 0 Å². The van der Waals surface area contributed by atoms with Crippen LogP contribution in [-0.2, 0) is 6.42 Å². The van der Waals surface area contributed by atoms with Gasteiger partial charge in [0.25, 0.3) is 0 Å². The van der Waals surface area contributed by atoms with Gasteiger partial charge in [-0.05, 0) is 43.9 Å². The quantitative estimate of drug-likeness (QED) is 0.528. The first-order valence-corrected chi connectivity index (χ1v) is 6.07. The van der Waals surface area contributed by atoms with Gasteiger partial charge in [-0.1, -0.05) is 42.5 Å². The molecule has 1 rings (SSSR count). The Morgan fingerprint density at radius 3 is 2.53 bits per heavy atom. The molecular weight excluding hydrogens is 206 g/mol. The number of nitrogens with zero attached hydrogens (tertiary/aromatic N) is 1. The molecule has 0 aliphatic rings. The van der Waals surface area contributed by atoms with E-state index in [-0.39, 0.29) is 0 Å². The zero-order chi connectivity index (χ0) is 12.5. The van der Waals surface area contributed by atoms with Crippen LogP contribution in [0.15, 0.2) is 59.1 Å². The lowest BCUT2D eigenvalue weighted by molar-refractivity contribution is 1.04. The van der Waals surface area contributed by atoms with E-state index in [1.807, 2.05) is 14.0 Å². The molecule has 1 nitrogen and oxygen atoms in total. The first-order chi connectivity index (χ1) is 8.26. The molecule has 0 spiro atoms. The molecule has 0 unspecified atom stereocenters. The van der Waals surface area contributed by atoms with Crippen LogP contribution in [0, 0.1) is 0 Å². The third-order valence-electron chi connectivity index (χ3n) is 2.62. The van der Waals surface area contributed by atoms with Gasteiger partial charge in [-0.15, -0.1) is 0 Å². The average molecular weight is 227 g/mol. The van der Waals surface area contributed by atoms with Gasteiger partial charge < -0.3 is 0 Å². The molecule has 0 N–H and O–H groups in total. The highest BCUT2D eigenvalue weighted by molar-refractivity contribution is 5.95. The molecule has 1 aromatic rings. The lowest BCUT2D eigenvalue weighted by atomic mass is 10.1. The first-order valence-electron chi connectivity index (χ1n) is 6.07. The van der Waals surface area contributed by atoms with Crippen LogP contribution in [0.2, 0.25) is 0 Å². The van der Waals surface area contributed by atoms with Gasteiger partial charge in [0.15, 0.2) is 0 Å².